The number of carbonyl (C=O) groups is 2. The SMILES string of the molecule is CNC(=O)c1nn(-c2ccccc2)cc1C(N)=O. The van der Waals surface area contributed by atoms with E-state index in [-0.39, 0.29) is 11.3 Å². The van der Waals surface area contributed by atoms with Gasteiger partial charge in [0.15, 0.2) is 5.69 Å². The zero-order valence-electron chi connectivity index (χ0n) is 9.75. The van der Waals surface area contributed by atoms with Gasteiger partial charge in [-0.25, -0.2) is 4.68 Å². The molecule has 3 N–H and O–H groups in total. The molecule has 1 heterocycles. The van der Waals surface area contributed by atoms with Crippen molar-refractivity contribution in [1.82, 2.24) is 15.1 Å². The number of nitrogens with one attached hydrogen (secondary N) is 1. The van der Waals surface area contributed by atoms with Crippen LogP contribution in [0.25, 0.3) is 5.69 Å². The summed E-state index contributed by atoms with van der Waals surface area (Å²) in [4.78, 5) is 22.9. The third-order valence-electron chi connectivity index (χ3n) is 2.44. The van der Waals surface area contributed by atoms with Gasteiger partial charge < -0.3 is 11.1 Å². The average molecular weight is 244 g/mol. The van der Waals surface area contributed by atoms with E-state index in [9.17, 15) is 9.59 Å². The first-order chi connectivity index (χ1) is 8.63. The van der Waals surface area contributed by atoms with Crippen molar-refractivity contribution in [3.05, 3.63) is 47.8 Å². The Morgan fingerprint density at radius 1 is 1.28 bits per heavy atom. The van der Waals surface area contributed by atoms with Crippen LogP contribution in [-0.4, -0.2) is 28.6 Å². The number of nitrogens with zero attached hydrogens (tertiary/aromatic N) is 2. The number of hydrogen-bond acceptors (Lipinski definition) is 3. The van der Waals surface area contributed by atoms with Crippen molar-refractivity contribution < 1.29 is 9.59 Å². The molecule has 2 rings (SSSR count). The molecule has 0 saturated heterocycles. The number of para-hydroxylation sites is 1. The van der Waals surface area contributed by atoms with E-state index < -0.39 is 11.8 Å². The van der Waals surface area contributed by atoms with Crippen molar-refractivity contribution in [2.45, 2.75) is 0 Å². The fourth-order valence-corrected chi connectivity index (χ4v) is 1.55. The summed E-state index contributed by atoms with van der Waals surface area (Å²) >= 11 is 0. The summed E-state index contributed by atoms with van der Waals surface area (Å²) in [6, 6.07) is 9.15. The van der Waals surface area contributed by atoms with Crippen molar-refractivity contribution in [2.75, 3.05) is 7.05 Å². The molecule has 0 spiro atoms. The fourth-order valence-electron chi connectivity index (χ4n) is 1.55. The predicted octanol–water partition coefficient (Wildman–Crippen LogP) is 0.331. The van der Waals surface area contributed by atoms with E-state index in [1.807, 2.05) is 30.3 Å². The minimum absolute atomic E-state index is 0.0221. The smallest absolute Gasteiger partial charge is 0.272 e. The molecule has 0 radical (unpaired) electrons. The van der Waals surface area contributed by atoms with Gasteiger partial charge in [-0.3, -0.25) is 9.59 Å². The van der Waals surface area contributed by atoms with Crippen LogP contribution in [0, 0.1) is 0 Å². The molecule has 0 atom stereocenters. The van der Waals surface area contributed by atoms with Gasteiger partial charge in [0.1, 0.15) is 0 Å². The second-order valence-corrected chi connectivity index (χ2v) is 3.61. The summed E-state index contributed by atoms with van der Waals surface area (Å²) in [6.45, 7) is 0. The number of amides is 2. The molecule has 6 nitrogen and oxygen atoms in total. The van der Waals surface area contributed by atoms with E-state index in [4.69, 9.17) is 5.73 Å². The van der Waals surface area contributed by atoms with E-state index in [1.54, 1.807) is 0 Å². The Bertz CT molecular complexity index is 589. The van der Waals surface area contributed by atoms with E-state index in [2.05, 4.69) is 10.4 Å². The van der Waals surface area contributed by atoms with E-state index in [0.29, 0.717) is 0 Å². The summed E-state index contributed by atoms with van der Waals surface area (Å²) < 4.78 is 1.45. The number of hydrogen-bond donors (Lipinski definition) is 2. The number of nitrogens with two attached hydrogens (primary N) is 1. The Balaban J connectivity index is 2.53. The van der Waals surface area contributed by atoms with Gasteiger partial charge in [-0.15, -0.1) is 0 Å². The minimum atomic E-state index is -0.684. The topological polar surface area (TPSA) is 90.0 Å². The molecule has 0 bridgehead atoms. The van der Waals surface area contributed by atoms with Crippen molar-refractivity contribution in [3.8, 4) is 5.69 Å². The lowest BCUT2D eigenvalue weighted by Gasteiger charge is -1.99. The average Bonchev–Trinajstić information content (AvgIpc) is 2.84. The van der Waals surface area contributed by atoms with Crippen LogP contribution in [0.1, 0.15) is 20.8 Å². The zero-order chi connectivity index (χ0) is 13.1. The summed E-state index contributed by atoms with van der Waals surface area (Å²) in [5.41, 5.74) is 6.09. The van der Waals surface area contributed by atoms with E-state index >= 15 is 0 Å². The lowest BCUT2D eigenvalue weighted by atomic mass is 10.2. The van der Waals surface area contributed by atoms with Crippen LogP contribution in [0.15, 0.2) is 36.5 Å². The van der Waals surface area contributed by atoms with E-state index in [0.717, 1.165) is 5.69 Å². The summed E-state index contributed by atoms with van der Waals surface area (Å²) in [5.74, 6) is -1.13. The lowest BCUT2D eigenvalue weighted by Crippen LogP contribution is -2.23. The molecule has 0 aliphatic heterocycles. The number of rotatable bonds is 3. The second-order valence-electron chi connectivity index (χ2n) is 3.61. The molecule has 1 aromatic heterocycles. The number of carbonyl (C=O) groups excluding carboxylic acids is 2. The third kappa shape index (κ3) is 2.08. The first-order valence-electron chi connectivity index (χ1n) is 5.30. The van der Waals surface area contributed by atoms with Crippen LogP contribution in [0.2, 0.25) is 0 Å². The molecule has 2 aromatic rings. The summed E-state index contributed by atoms with van der Waals surface area (Å²) in [5, 5.41) is 6.50. The zero-order valence-corrected chi connectivity index (χ0v) is 9.75. The normalized spacial score (nSPS) is 10.1. The van der Waals surface area contributed by atoms with Crippen molar-refractivity contribution in [3.63, 3.8) is 0 Å². The molecule has 0 saturated carbocycles. The monoisotopic (exact) mass is 244 g/mol. The highest BCUT2D eigenvalue weighted by Gasteiger charge is 2.19. The highest BCUT2D eigenvalue weighted by molar-refractivity contribution is 6.05. The largest absolute Gasteiger partial charge is 0.365 e. The molecule has 6 heteroatoms. The highest BCUT2D eigenvalue weighted by Crippen LogP contribution is 2.12. The molecule has 1 aromatic carbocycles. The van der Waals surface area contributed by atoms with Gasteiger partial charge in [0.25, 0.3) is 11.8 Å². The predicted molar refractivity (Wildman–Crippen MR) is 65.5 cm³/mol. The van der Waals surface area contributed by atoms with Gasteiger partial charge in [-0.1, -0.05) is 18.2 Å². The Morgan fingerprint density at radius 2 is 1.94 bits per heavy atom. The van der Waals surface area contributed by atoms with Gasteiger partial charge in [0, 0.05) is 13.2 Å². The number of aromatic nitrogens is 2. The quantitative estimate of drug-likeness (QED) is 0.815. The maximum absolute atomic E-state index is 11.6. The van der Waals surface area contributed by atoms with Gasteiger partial charge in [0.05, 0.1) is 11.3 Å². The minimum Gasteiger partial charge on any atom is -0.365 e. The van der Waals surface area contributed by atoms with Crippen LogP contribution in [-0.2, 0) is 0 Å². The molecular formula is C12H12N4O2. The fraction of sp³-hybridized carbons (Fsp3) is 0.0833. The molecule has 0 unspecified atom stereocenters. The summed E-state index contributed by atoms with van der Waals surface area (Å²) in [7, 11) is 1.47. The first-order valence-corrected chi connectivity index (χ1v) is 5.30. The third-order valence-corrected chi connectivity index (χ3v) is 2.44. The molecule has 0 fully saturated rings. The van der Waals surface area contributed by atoms with Crippen LogP contribution in [0.4, 0.5) is 0 Å². The van der Waals surface area contributed by atoms with Gasteiger partial charge in [-0.2, -0.15) is 5.10 Å². The molecule has 92 valence electrons. The Kier molecular flexibility index (Phi) is 3.09. The van der Waals surface area contributed by atoms with Gasteiger partial charge >= 0.3 is 0 Å². The van der Waals surface area contributed by atoms with Gasteiger partial charge in [0.2, 0.25) is 0 Å². The van der Waals surface area contributed by atoms with Crippen LogP contribution < -0.4 is 11.1 Å². The Labute approximate surface area is 103 Å². The maximum atomic E-state index is 11.6. The number of primary amides is 1. The van der Waals surface area contributed by atoms with Crippen molar-refractivity contribution in [2.24, 2.45) is 5.73 Å². The molecule has 18 heavy (non-hydrogen) atoms. The molecule has 0 aliphatic carbocycles. The van der Waals surface area contributed by atoms with E-state index in [1.165, 1.54) is 17.9 Å². The highest BCUT2D eigenvalue weighted by atomic mass is 16.2. The lowest BCUT2D eigenvalue weighted by molar-refractivity contribution is 0.0939. The standard InChI is InChI=1S/C12H12N4O2/c1-14-12(18)10-9(11(13)17)7-16(15-10)8-5-3-2-4-6-8/h2-7H,1H3,(H2,13,17)(H,14,18). The van der Waals surface area contributed by atoms with Crippen molar-refractivity contribution in [1.29, 1.82) is 0 Å². The van der Waals surface area contributed by atoms with Crippen LogP contribution in [0.3, 0.4) is 0 Å². The Morgan fingerprint density at radius 3 is 2.50 bits per heavy atom. The van der Waals surface area contributed by atoms with Gasteiger partial charge in [-0.05, 0) is 12.1 Å². The number of benzene rings is 1. The molecular weight excluding hydrogens is 232 g/mol. The van der Waals surface area contributed by atoms with Crippen molar-refractivity contribution >= 4 is 11.8 Å². The first kappa shape index (κ1) is 11.8. The molecule has 0 aliphatic rings. The molecule has 2 amide bonds. The summed E-state index contributed by atoms with van der Waals surface area (Å²) in [6.07, 6.45) is 1.45. The second kappa shape index (κ2) is 4.70. The maximum Gasteiger partial charge on any atom is 0.272 e. The van der Waals surface area contributed by atoms with Crippen LogP contribution >= 0.6 is 0 Å². The Hall–Kier alpha value is -2.63. The van der Waals surface area contributed by atoms with Crippen LogP contribution in [0.5, 0.6) is 0 Å².